The largest absolute Gasteiger partial charge is 0.477 e. The minimum atomic E-state index is -1.23. The number of aromatic amines is 1. The van der Waals surface area contributed by atoms with Crippen LogP contribution in [0.3, 0.4) is 0 Å². The van der Waals surface area contributed by atoms with Gasteiger partial charge in [-0.15, -0.1) is 0 Å². The van der Waals surface area contributed by atoms with Crippen molar-refractivity contribution in [2.45, 2.75) is 18.8 Å². The van der Waals surface area contributed by atoms with E-state index >= 15 is 0 Å². The van der Waals surface area contributed by atoms with Crippen LogP contribution in [0.15, 0.2) is 9.32 Å². The van der Waals surface area contributed by atoms with Gasteiger partial charge in [0.1, 0.15) is 0 Å². The summed E-state index contributed by atoms with van der Waals surface area (Å²) in [5, 5.41) is 14.1. The fourth-order valence-electron chi connectivity index (χ4n) is 1.88. The summed E-state index contributed by atoms with van der Waals surface area (Å²) in [7, 11) is 0. The van der Waals surface area contributed by atoms with Crippen molar-refractivity contribution in [2.24, 2.45) is 0 Å². The lowest BCUT2D eigenvalue weighted by Crippen LogP contribution is -2.29. The van der Waals surface area contributed by atoms with Gasteiger partial charge in [0.05, 0.1) is 0 Å². The van der Waals surface area contributed by atoms with Crippen molar-refractivity contribution in [1.82, 2.24) is 10.5 Å². The molecule has 1 atom stereocenters. The van der Waals surface area contributed by atoms with E-state index in [1.54, 1.807) is 0 Å². The van der Waals surface area contributed by atoms with Gasteiger partial charge in [-0.1, -0.05) is 0 Å². The second kappa shape index (κ2) is 3.90. The highest BCUT2D eigenvalue weighted by Gasteiger charge is 2.27. The topological polar surface area (TPSA) is 95.3 Å². The van der Waals surface area contributed by atoms with Crippen molar-refractivity contribution in [1.29, 1.82) is 0 Å². The third-order valence-electron chi connectivity index (χ3n) is 2.61. The Morgan fingerprint density at radius 1 is 1.53 bits per heavy atom. The molecule has 0 amide bonds. The highest BCUT2D eigenvalue weighted by Crippen LogP contribution is 2.24. The van der Waals surface area contributed by atoms with Gasteiger partial charge in [-0.3, -0.25) is 4.79 Å². The molecule has 1 saturated heterocycles. The third-order valence-corrected chi connectivity index (χ3v) is 2.61. The highest BCUT2D eigenvalue weighted by molar-refractivity contribution is 5.88. The van der Waals surface area contributed by atoms with Crippen LogP contribution in [-0.2, 0) is 0 Å². The van der Waals surface area contributed by atoms with E-state index in [2.05, 4.69) is 10.5 Å². The monoisotopic (exact) mass is 212 g/mol. The van der Waals surface area contributed by atoms with Crippen LogP contribution < -0.4 is 10.9 Å². The van der Waals surface area contributed by atoms with Gasteiger partial charge in [0.2, 0.25) is 0 Å². The molecule has 0 spiro atoms. The summed E-state index contributed by atoms with van der Waals surface area (Å²) in [6.45, 7) is 1.58. The Bertz CT molecular complexity index is 414. The maximum Gasteiger partial charge on any atom is 0.345 e. The van der Waals surface area contributed by atoms with E-state index < -0.39 is 11.5 Å². The van der Waals surface area contributed by atoms with Crippen molar-refractivity contribution in [3.05, 3.63) is 21.7 Å². The molecule has 82 valence electrons. The van der Waals surface area contributed by atoms with Gasteiger partial charge >= 0.3 is 5.97 Å². The number of hydrogen-bond donors (Lipinski definition) is 3. The average Bonchev–Trinajstić information content (AvgIpc) is 2.61. The second-order valence-corrected chi connectivity index (χ2v) is 3.62. The van der Waals surface area contributed by atoms with E-state index in [-0.39, 0.29) is 17.2 Å². The number of carbonyl (C=O) groups is 1. The molecule has 1 unspecified atom stereocenters. The van der Waals surface area contributed by atoms with E-state index in [9.17, 15) is 9.59 Å². The lowest BCUT2D eigenvalue weighted by molar-refractivity contribution is 0.0692. The molecule has 1 aliphatic heterocycles. The molecule has 2 rings (SSSR count). The normalized spacial score (nSPS) is 21.5. The Labute approximate surface area is 85.2 Å². The molecule has 3 N–H and O–H groups in total. The van der Waals surface area contributed by atoms with Gasteiger partial charge in [-0.05, 0) is 19.4 Å². The molecule has 0 bridgehead atoms. The van der Waals surface area contributed by atoms with Crippen molar-refractivity contribution in [3.63, 3.8) is 0 Å². The minimum Gasteiger partial charge on any atom is -0.477 e. The average molecular weight is 212 g/mol. The fraction of sp³-hybridized carbons (Fsp3) is 0.556. The standard InChI is InChI=1S/C9H12N2O4/c12-8-6(9(13)14)7(15-11-8)5-2-1-3-10-4-5/h5,10H,1-4H2,(H,11,12)(H,13,14). The first-order chi connectivity index (χ1) is 7.20. The molecule has 1 aromatic rings. The van der Waals surface area contributed by atoms with Crippen LogP contribution in [0.2, 0.25) is 0 Å². The Kier molecular flexibility index (Phi) is 2.59. The quantitative estimate of drug-likeness (QED) is 0.647. The molecule has 0 radical (unpaired) electrons. The number of hydrogen-bond acceptors (Lipinski definition) is 4. The summed E-state index contributed by atoms with van der Waals surface area (Å²) < 4.78 is 4.94. The third kappa shape index (κ3) is 1.80. The number of piperidine rings is 1. The molecule has 6 heteroatoms. The molecule has 15 heavy (non-hydrogen) atoms. The van der Waals surface area contributed by atoms with Crippen molar-refractivity contribution in [3.8, 4) is 0 Å². The van der Waals surface area contributed by atoms with Crippen LogP contribution in [0.4, 0.5) is 0 Å². The molecular formula is C9H12N2O4. The number of aromatic nitrogens is 1. The minimum absolute atomic E-state index is 0.0243. The van der Waals surface area contributed by atoms with Crippen molar-refractivity contribution in [2.75, 3.05) is 13.1 Å². The molecule has 0 aliphatic carbocycles. The van der Waals surface area contributed by atoms with Gasteiger partial charge in [-0.2, -0.15) is 5.16 Å². The predicted octanol–water partition coefficient (Wildman–Crippen LogP) is 0.133. The number of H-pyrrole nitrogens is 1. The molecule has 0 aromatic carbocycles. The van der Waals surface area contributed by atoms with Crippen LogP contribution in [0.5, 0.6) is 0 Å². The van der Waals surface area contributed by atoms with E-state index in [4.69, 9.17) is 9.63 Å². The molecular weight excluding hydrogens is 200 g/mol. The second-order valence-electron chi connectivity index (χ2n) is 3.62. The van der Waals surface area contributed by atoms with Crippen LogP contribution in [0, 0.1) is 0 Å². The summed E-state index contributed by atoms with van der Waals surface area (Å²) in [6, 6.07) is 0. The summed E-state index contributed by atoms with van der Waals surface area (Å²) in [5.41, 5.74) is -0.924. The highest BCUT2D eigenvalue weighted by atomic mass is 16.5. The maximum atomic E-state index is 11.2. The molecule has 0 saturated carbocycles. The van der Waals surface area contributed by atoms with Gasteiger partial charge < -0.3 is 14.9 Å². The van der Waals surface area contributed by atoms with E-state index in [0.717, 1.165) is 19.4 Å². The van der Waals surface area contributed by atoms with Crippen LogP contribution in [-0.4, -0.2) is 29.3 Å². The van der Waals surface area contributed by atoms with Gasteiger partial charge in [-0.25, -0.2) is 4.79 Å². The zero-order valence-corrected chi connectivity index (χ0v) is 8.08. The smallest absolute Gasteiger partial charge is 0.345 e. The summed E-state index contributed by atoms with van der Waals surface area (Å²) >= 11 is 0. The Balaban J connectivity index is 2.34. The first-order valence-corrected chi connectivity index (χ1v) is 4.85. The molecule has 2 heterocycles. The van der Waals surface area contributed by atoms with Crippen LogP contribution in [0.25, 0.3) is 0 Å². The number of aromatic carboxylic acids is 1. The SMILES string of the molecule is O=C(O)c1c(C2CCCNC2)o[nH]c1=O. The number of carboxylic acid groups (broad SMARTS) is 1. The van der Waals surface area contributed by atoms with Gasteiger partial charge in [0.15, 0.2) is 11.3 Å². The Morgan fingerprint density at radius 3 is 2.93 bits per heavy atom. The lowest BCUT2D eigenvalue weighted by Gasteiger charge is -2.20. The lowest BCUT2D eigenvalue weighted by atomic mass is 9.94. The first-order valence-electron chi connectivity index (χ1n) is 4.85. The maximum absolute atomic E-state index is 11.2. The van der Waals surface area contributed by atoms with Crippen molar-refractivity contribution < 1.29 is 14.4 Å². The fourth-order valence-corrected chi connectivity index (χ4v) is 1.88. The Hall–Kier alpha value is -1.56. The molecule has 6 nitrogen and oxygen atoms in total. The van der Waals surface area contributed by atoms with Crippen LogP contribution >= 0.6 is 0 Å². The zero-order chi connectivity index (χ0) is 10.8. The molecule has 1 aromatic heterocycles. The van der Waals surface area contributed by atoms with Gasteiger partial charge in [0, 0.05) is 12.5 Å². The number of rotatable bonds is 2. The molecule has 1 aliphatic rings. The summed E-state index contributed by atoms with van der Waals surface area (Å²) in [5.74, 6) is -0.992. The number of carboxylic acids is 1. The number of nitrogens with one attached hydrogen (secondary N) is 2. The van der Waals surface area contributed by atoms with E-state index in [0.29, 0.717) is 6.54 Å². The van der Waals surface area contributed by atoms with Crippen molar-refractivity contribution >= 4 is 5.97 Å². The summed E-state index contributed by atoms with van der Waals surface area (Å²) in [4.78, 5) is 22.0. The van der Waals surface area contributed by atoms with E-state index in [1.807, 2.05) is 0 Å². The zero-order valence-electron chi connectivity index (χ0n) is 8.08. The van der Waals surface area contributed by atoms with Crippen LogP contribution in [0.1, 0.15) is 34.9 Å². The Morgan fingerprint density at radius 2 is 2.33 bits per heavy atom. The van der Waals surface area contributed by atoms with E-state index in [1.165, 1.54) is 0 Å². The predicted molar refractivity (Wildman–Crippen MR) is 51.1 cm³/mol. The summed E-state index contributed by atoms with van der Waals surface area (Å²) in [6.07, 6.45) is 1.80. The van der Waals surface area contributed by atoms with Gasteiger partial charge in [0.25, 0.3) is 5.56 Å². The molecule has 1 fully saturated rings. The first kappa shape index (κ1) is 9.97.